The number of ketones is 1. The van der Waals surface area contributed by atoms with Gasteiger partial charge in [0.15, 0.2) is 5.78 Å². The van der Waals surface area contributed by atoms with E-state index < -0.39 is 17.4 Å². The number of carbonyl (C=O) groups excluding carboxylic acids is 1. The Labute approximate surface area is 115 Å². The van der Waals surface area contributed by atoms with Crippen LogP contribution in [-0.2, 0) is 6.42 Å². The van der Waals surface area contributed by atoms with E-state index >= 15 is 0 Å². The summed E-state index contributed by atoms with van der Waals surface area (Å²) in [7, 11) is 0. The first-order valence-corrected chi connectivity index (χ1v) is 6.41. The molecule has 0 fully saturated rings. The number of rotatable bonds is 2. The van der Waals surface area contributed by atoms with Crippen LogP contribution in [0.4, 0.5) is 8.78 Å². The van der Waals surface area contributed by atoms with Crippen molar-refractivity contribution < 1.29 is 18.3 Å². The number of para-hydroxylation sites is 1. The Hall–Kier alpha value is -2.23. The van der Waals surface area contributed by atoms with E-state index in [0.29, 0.717) is 24.0 Å². The fourth-order valence-electron chi connectivity index (χ4n) is 2.39. The van der Waals surface area contributed by atoms with Crippen LogP contribution in [0.5, 0.6) is 5.75 Å². The highest BCUT2D eigenvalue weighted by Gasteiger charge is 2.22. The molecule has 0 spiro atoms. The van der Waals surface area contributed by atoms with E-state index in [1.54, 1.807) is 12.1 Å². The molecule has 0 amide bonds. The van der Waals surface area contributed by atoms with Gasteiger partial charge in [0.05, 0.1) is 17.7 Å². The molecule has 2 aromatic carbocycles. The van der Waals surface area contributed by atoms with Crippen LogP contribution >= 0.6 is 0 Å². The number of halogens is 2. The molecule has 1 aliphatic heterocycles. The summed E-state index contributed by atoms with van der Waals surface area (Å²) in [6, 6.07) is 8.20. The third-order valence-corrected chi connectivity index (χ3v) is 3.35. The number of hydrogen-bond donors (Lipinski definition) is 0. The lowest BCUT2D eigenvalue weighted by Crippen LogP contribution is -2.14. The number of aryl methyl sites for hydroxylation is 1. The van der Waals surface area contributed by atoms with Gasteiger partial charge in [0.1, 0.15) is 17.4 Å². The predicted molar refractivity (Wildman–Crippen MR) is 70.0 cm³/mol. The van der Waals surface area contributed by atoms with Crippen LogP contribution in [0.3, 0.4) is 0 Å². The molecule has 102 valence electrons. The first-order valence-electron chi connectivity index (χ1n) is 6.41. The van der Waals surface area contributed by atoms with Gasteiger partial charge >= 0.3 is 0 Å². The second-order valence-electron chi connectivity index (χ2n) is 4.70. The second kappa shape index (κ2) is 5.04. The third-order valence-electron chi connectivity index (χ3n) is 3.35. The highest BCUT2D eigenvalue weighted by molar-refractivity contribution is 6.11. The van der Waals surface area contributed by atoms with Crippen molar-refractivity contribution in [2.24, 2.45) is 0 Å². The average Bonchev–Trinajstić information content (AvgIpc) is 2.46. The van der Waals surface area contributed by atoms with E-state index in [0.717, 1.165) is 30.5 Å². The van der Waals surface area contributed by atoms with Crippen molar-refractivity contribution >= 4 is 5.78 Å². The highest BCUT2D eigenvalue weighted by Crippen LogP contribution is 2.31. The normalized spacial score (nSPS) is 13.5. The molecule has 0 atom stereocenters. The number of benzene rings is 2. The topological polar surface area (TPSA) is 26.3 Å². The largest absolute Gasteiger partial charge is 0.493 e. The van der Waals surface area contributed by atoms with Crippen molar-refractivity contribution in [3.63, 3.8) is 0 Å². The third kappa shape index (κ3) is 2.18. The van der Waals surface area contributed by atoms with E-state index in [1.165, 1.54) is 0 Å². The Morgan fingerprint density at radius 3 is 2.75 bits per heavy atom. The summed E-state index contributed by atoms with van der Waals surface area (Å²) in [5.41, 5.74) is 1.13. The zero-order valence-electron chi connectivity index (χ0n) is 10.7. The van der Waals surface area contributed by atoms with Gasteiger partial charge in [0.2, 0.25) is 0 Å². The Morgan fingerprint density at radius 2 is 1.95 bits per heavy atom. The maximum atomic E-state index is 13.7. The number of carbonyl (C=O) groups is 1. The minimum absolute atomic E-state index is 0.144. The summed E-state index contributed by atoms with van der Waals surface area (Å²) in [4.78, 5) is 12.4. The highest BCUT2D eigenvalue weighted by atomic mass is 19.1. The Bertz CT molecular complexity index is 680. The molecule has 2 aromatic rings. The minimum atomic E-state index is -0.858. The van der Waals surface area contributed by atoms with Gasteiger partial charge in [-0.15, -0.1) is 0 Å². The van der Waals surface area contributed by atoms with Gasteiger partial charge in [-0.25, -0.2) is 8.78 Å². The van der Waals surface area contributed by atoms with Gasteiger partial charge in [-0.05, 0) is 36.6 Å². The number of fused-ring (bicyclic) bond motifs is 1. The van der Waals surface area contributed by atoms with Crippen LogP contribution in [0.25, 0.3) is 0 Å². The second-order valence-corrected chi connectivity index (χ2v) is 4.70. The van der Waals surface area contributed by atoms with Gasteiger partial charge in [-0.2, -0.15) is 0 Å². The summed E-state index contributed by atoms with van der Waals surface area (Å²) in [5, 5.41) is 0. The molecule has 3 rings (SSSR count). The molecule has 0 saturated carbocycles. The zero-order chi connectivity index (χ0) is 14.1. The van der Waals surface area contributed by atoms with Crippen molar-refractivity contribution in [3.8, 4) is 5.75 Å². The number of hydrogen-bond acceptors (Lipinski definition) is 2. The maximum absolute atomic E-state index is 13.7. The lowest BCUT2D eigenvalue weighted by Gasteiger charge is -2.19. The smallest absolute Gasteiger partial charge is 0.199 e. The van der Waals surface area contributed by atoms with Crippen LogP contribution in [-0.4, -0.2) is 12.4 Å². The van der Waals surface area contributed by atoms with Crippen molar-refractivity contribution in [2.45, 2.75) is 12.8 Å². The van der Waals surface area contributed by atoms with Gasteiger partial charge in [-0.3, -0.25) is 4.79 Å². The molecule has 2 nitrogen and oxygen atoms in total. The minimum Gasteiger partial charge on any atom is -0.493 e. The molecule has 0 aliphatic carbocycles. The Kier molecular flexibility index (Phi) is 3.22. The van der Waals surface area contributed by atoms with Crippen LogP contribution in [0.1, 0.15) is 27.9 Å². The monoisotopic (exact) mass is 274 g/mol. The van der Waals surface area contributed by atoms with Gasteiger partial charge in [0.25, 0.3) is 0 Å². The fourth-order valence-corrected chi connectivity index (χ4v) is 2.39. The van der Waals surface area contributed by atoms with Crippen LogP contribution in [0.15, 0.2) is 36.4 Å². The van der Waals surface area contributed by atoms with E-state index in [4.69, 9.17) is 4.74 Å². The van der Waals surface area contributed by atoms with Gasteiger partial charge in [-0.1, -0.05) is 12.1 Å². The summed E-state index contributed by atoms with van der Waals surface area (Å²) < 4.78 is 32.2. The predicted octanol–water partition coefficient (Wildman–Crippen LogP) is 3.52. The number of ether oxygens (including phenoxy) is 1. The lowest BCUT2D eigenvalue weighted by atomic mass is 9.96. The molecule has 0 unspecified atom stereocenters. The molecular weight excluding hydrogens is 262 g/mol. The van der Waals surface area contributed by atoms with E-state index in [2.05, 4.69) is 0 Å². The van der Waals surface area contributed by atoms with E-state index in [9.17, 15) is 13.6 Å². The van der Waals surface area contributed by atoms with Crippen molar-refractivity contribution in [1.29, 1.82) is 0 Å². The zero-order valence-corrected chi connectivity index (χ0v) is 10.7. The van der Waals surface area contributed by atoms with Crippen LogP contribution in [0, 0.1) is 11.6 Å². The quantitative estimate of drug-likeness (QED) is 0.783. The van der Waals surface area contributed by atoms with E-state index in [1.807, 2.05) is 6.07 Å². The Balaban J connectivity index is 2.07. The maximum Gasteiger partial charge on any atom is 0.199 e. The molecule has 0 saturated heterocycles. The molecule has 1 aliphatic rings. The van der Waals surface area contributed by atoms with Crippen molar-refractivity contribution in [1.82, 2.24) is 0 Å². The molecule has 0 N–H and O–H groups in total. The Morgan fingerprint density at radius 1 is 1.10 bits per heavy atom. The fraction of sp³-hybridized carbons (Fsp3) is 0.188. The van der Waals surface area contributed by atoms with Crippen molar-refractivity contribution in [2.75, 3.05) is 6.61 Å². The molecular formula is C16H12F2O2. The van der Waals surface area contributed by atoms with Crippen LogP contribution < -0.4 is 4.74 Å². The lowest BCUT2D eigenvalue weighted by molar-refractivity contribution is 0.103. The summed E-state index contributed by atoms with van der Waals surface area (Å²) in [5.74, 6) is -1.53. The molecule has 20 heavy (non-hydrogen) atoms. The molecule has 0 aromatic heterocycles. The summed E-state index contributed by atoms with van der Waals surface area (Å²) >= 11 is 0. The molecule has 0 bridgehead atoms. The summed E-state index contributed by atoms with van der Waals surface area (Å²) in [6.45, 7) is 0.545. The van der Waals surface area contributed by atoms with E-state index in [-0.39, 0.29) is 5.56 Å². The van der Waals surface area contributed by atoms with Crippen LogP contribution in [0.2, 0.25) is 0 Å². The standard InChI is InChI=1S/C16H12F2O2/c17-11-6-7-12(14(18)9-11)15(19)13-5-1-3-10-4-2-8-20-16(10)13/h1,3,5-7,9H,2,4,8H2. The molecule has 0 radical (unpaired) electrons. The van der Waals surface area contributed by atoms with Crippen molar-refractivity contribution in [3.05, 3.63) is 64.7 Å². The van der Waals surface area contributed by atoms with Gasteiger partial charge < -0.3 is 4.74 Å². The SMILES string of the molecule is O=C(c1ccc(F)cc1F)c1cccc2c1OCCC2. The molecule has 4 heteroatoms. The first kappa shape index (κ1) is 12.8. The first-order chi connectivity index (χ1) is 9.66. The molecule has 1 heterocycles. The van der Waals surface area contributed by atoms with Gasteiger partial charge in [0, 0.05) is 6.07 Å². The summed E-state index contributed by atoms with van der Waals surface area (Å²) in [6.07, 6.45) is 1.73. The average molecular weight is 274 g/mol.